The molecule has 3 aromatic carbocycles. The van der Waals surface area contributed by atoms with Crippen LogP contribution >= 0.6 is 0 Å². The van der Waals surface area contributed by atoms with Gasteiger partial charge >= 0.3 is 6.03 Å². The van der Waals surface area contributed by atoms with E-state index in [1.807, 2.05) is 61.5 Å². The van der Waals surface area contributed by atoms with Crippen LogP contribution in [-0.2, 0) is 43.4 Å². The normalized spacial score (nSPS) is 15.5. The Morgan fingerprint density at radius 1 is 0.807 bits per heavy atom. The van der Waals surface area contributed by atoms with Gasteiger partial charge in [0.05, 0.1) is 0 Å². The van der Waals surface area contributed by atoms with Crippen molar-refractivity contribution in [1.29, 1.82) is 0 Å². The third-order valence-corrected chi connectivity index (χ3v) is 10.0. The van der Waals surface area contributed by atoms with Gasteiger partial charge in [0, 0.05) is 49.6 Å². The van der Waals surface area contributed by atoms with Gasteiger partial charge in [-0.3, -0.25) is 24.0 Å². The van der Waals surface area contributed by atoms with Crippen LogP contribution in [0.1, 0.15) is 54.4 Å². The number of nitrogens with one attached hydrogen (secondary N) is 6. The highest BCUT2D eigenvalue weighted by molar-refractivity contribution is 5.96. The third kappa shape index (κ3) is 12.1. The summed E-state index contributed by atoms with van der Waals surface area (Å²) < 4.78 is 13.4. The maximum Gasteiger partial charge on any atom is 0.312 e. The van der Waals surface area contributed by atoms with E-state index in [4.69, 9.17) is 5.73 Å². The molecule has 302 valence electrons. The lowest BCUT2D eigenvalue weighted by Gasteiger charge is -2.37. The number of alkyl halides is 1. The number of aromatic nitrogens is 1. The number of halogens is 1. The second-order valence-electron chi connectivity index (χ2n) is 14.3. The molecule has 0 saturated carbocycles. The number of carbonyl (C=O) groups is 6. The number of hydrogen-bond acceptors (Lipinski definition) is 6. The van der Waals surface area contributed by atoms with Gasteiger partial charge in [-0.05, 0) is 61.8 Å². The van der Waals surface area contributed by atoms with Crippen molar-refractivity contribution in [3.63, 3.8) is 0 Å². The van der Waals surface area contributed by atoms with E-state index >= 15 is 0 Å². The van der Waals surface area contributed by atoms with Crippen LogP contribution in [0.4, 0.5) is 9.18 Å². The van der Waals surface area contributed by atoms with Crippen LogP contribution in [0.2, 0.25) is 0 Å². The number of carbonyl (C=O) groups excluding carboxylic acids is 6. The second-order valence-corrected chi connectivity index (χ2v) is 14.3. The molecule has 2 heterocycles. The Hall–Kier alpha value is -6.25. The topological polar surface area (TPSA) is 208 Å². The molecule has 7 amide bonds. The van der Waals surface area contributed by atoms with Crippen molar-refractivity contribution in [3.05, 3.63) is 107 Å². The first-order chi connectivity index (χ1) is 27.5. The lowest BCUT2D eigenvalue weighted by Crippen LogP contribution is -2.61. The average Bonchev–Trinajstić information content (AvgIpc) is 3.63. The number of nitrogens with zero attached hydrogens (tertiary/aromatic N) is 1. The fraction of sp³-hybridized carbons (Fsp3) is 0.381. The van der Waals surface area contributed by atoms with Gasteiger partial charge in [0.15, 0.2) is 6.67 Å². The quantitative estimate of drug-likeness (QED) is 0.0755. The lowest BCUT2D eigenvalue weighted by molar-refractivity contribution is -0.145. The maximum atomic E-state index is 14.3. The Labute approximate surface area is 330 Å². The molecule has 1 saturated heterocycles. The number of rotatable bonds is 18. The third-order valence-electron chi connectivity index (χ3n) is 10.0. The maximum absolute atomic E-state index is 14.3. The molecule has 1 aromatic heterocycles. The number of para-hydroxylation sites is 1. The number of fused-ring (bicyclic) bond motifs is 1. The van der Waals surface area contributed by atoms with E-state index in [1.165, 1.54) is 4.90 Å². The number of likely N-dealkylation sites (tertiary alicyclic amines) is 1. The molecule has 5 rings (SSSR count). The monoisotopic (exact) mass is 782 g/mol. The van der Waals surface area contributed by atoms with Crippen LogP contribution in [0.3, 0.4) is 0 Å². The summed E-state index contributed by atoms with van der Waals surface area (Å²) in [5.74, 6) is -3.14. The molecule has 14 nitrogen and oxygen atoms in total. The molecule has 57 heavy (non-hydrogen) atoms. The van der Waals surface area contributed by atoms with Crippen molar-refractivity contribution < 1.29 is 33.2 Å². The molecule has 4 aromatic rings. The number of primary amides is 1. The van der Waals surface area contributed by atoms with Crippen molar-refractivity contribution in [2.45, 2.75) is 82.6 Å². The number of nitrogens with two attached hydrogens (primary N) is 1. The van der Waals surface area contributed by atoms with Crippen LogP contribution in [0, 0.1) is 6.92 Å². The SMILES string of the molecule is Cc1ccc(CNC(=O)[C@H](CCCNC(N)=O)NC(=O)[C@H](Cc2c[nH]c3ccccc23)NC(=O)[C@@H]2CCCCN2C(=O)[C@H](Cc2ccccc2)NC(=O)CF)cc1. The van der Waals surface area contributed by atoms with E-state index in [0.29, 0.717) is 25.7 Å². The number of H-pyrrole nitrogens is 1. The van der Waals surface area contributed by atoms with Crippen LogP contribution < -0.4 is 32.3 Å². The number of benzene rings is 3. The first-order valence-corrected chi connectivity index (χ1v) is 19.2. The van der Waals surface area contributed by atoms with Gasteiger partial charge in [0.1, 0.15) is 24.2 Å². The number of aromatic amines is 1. The molecule has 8 N–H and O–H groups in total. The smallest absolute Gasteiger partial charge is 0.312 e. The van der Waals surface area contributed by atoms with Crippen molar-refractivity contribution in [3.8, 4) is 0 Å². The highest BCUT2D eigenvalue weighted by Gasteiger charge is 2.38. The molecule has 1 aliphatic rings. The van der Waals surface area contributed by atoms with Gasteiger partial charge in [-0.2, -0.15) is 0 Å². The van der Waals surface area contributed by atoms with Crippen molar-refractivity contribution in [2.24, 2.45) is 5.73 Å². The fourth-order valence-corrected chi connectivity index (χ4v) is 7.03. The summed E-state index contributed by atoms with van der Waals surface area (Å²) in [7, 11) is 0. The molecule has 0 unspecified atom stereocenters. The largest absolute Gasteiger partial charge is 0.361 e. The highest BCUT2D eigenvalue weighted by Crippen LogP contribution is 2.22. The summed E-state index contributed by atoms with van der Waals surface area (Å²) in [6.07, 6.45) is 3.89. The molecule has 15 heteroatoms. The summed E-state index contributed by atoms with van der Waals surface area (Å²) >= 11 is 0. The Morgan fingerprint density at radius 3 is 2.28 bits per heavy atom. The molecular weight excluding hydrogens is 732 g/mol. The Bertz CT molecular complexity index is 2010. The number of piperidine rings is 1. The van der Waals surface area contributed by atoms with Gasteiger partial charge < -0.3 is 42.2 Å². The second kappa shape index (κ2) is 20.6. The van der Waals surface area contributed by atoms with E-state index in [-0.39, 0.29) is 38.9 Å². The van der Waals surface area contributed by atoms with E-state index in [9.17, 15) is 33.2 Å². The summed E-state index contributed by atoms with van der Waals surface area (Å²) in [4.78, 5) is 84.4. The summed E-state index contributed by atoms with van der Waals surface area (Å²) in [5.41, 5.74) is 9.47. The molecular formula is C42H51FN8O6. The molecule has 0 spiro atoms. The van der Waals surface area contributed by atoms with Gasteiger partial charge in [-0.1, -0.05) is 78.4 Å². The molecule has 1 aliphatic heterocycles. The van der Waals surface area contributed by atoms with Crippen molar-refractivity contribution in [2.75, 3.05) is 19.8 Å². The summed E-state index contributed by atoms with van der Waals surface area (Å²) in [5, 5.41) is 14.4. The van der Waals surface area contributed by atoms with E-state index in [1.54, 1.807) is 30.5 Å². The first kappa shape index (κ1) is 41.9. The zero-order chi connectivity index (χ0) is 40.7. The lowest BCUT2D eigenvalue weighted by atomic mass is 9.97. The van der Waals surface area contributed by atoms with Crippen molar-refractivity contribution in [1.82, 2.24) is 36.5 Å². The molecule has 4 atom stereocenters. The van der Waals surface area contributed by atoms with E-state index in [0.717, 1.165) is 33.2 Å². The molecule has 0 radical (unpaired) electrons. The number of urea groups is 1. The minimum Gasteiger partial charge on any atom is -0.361 e. The Kier molecular flexibility index (Phi) is 15.1. The standard InChI is InChI=1S/C42H51FN8O6/c1-27-16-18-29(19-17-27)25-47-38(53)33(14-9-20-45-42(44)57)49-39(54)34(23-30-26-46-32-13-6-5-12-31(30)32)50-40(55)36-15-7-8-21-51(36)41(56)35(48-37(52)24-43)22-28-10-3-2-4-11-28/h2-6,10-13,16-19,26,33-36,46H,7-9,14-15,20-25H2,1H3,(H,47,53)(H,48,52)(H,49,54)(H,50,55)(H3,44,45,57)/t33-,34-,35-,36-/m0/s1. The number of hydrogen-bond donors (Lipinski definition) is 7. The average molecular weight is 783 g/mol. The highest BCUT2D eigenvalue weighted by atomic mass is 19.1. The summed E-state index contributed by atoms with van der Waals surface area (Å²) in [6.45, 7) is 1.25. The minimum atomic E-state index is -1.31. The zero-order valence-corrected chi connectivity index (χ0v) is 32.0. The van der Waals surface area contributed by atoms with E-state index in [2.05, 4.69) is 31.6 Å². The van der Waals surface area contributed by atoms with Crippen LogP contribution in [0.25, 0.3) is 10.9 Å². The fourth-order valence-electron chi connectivity index (χ4n) is 7.03. The van der Waals surface area contributed by atoms with Gasteiger partial charge in [0.2, 0.25) is 23.6 Å². The minimum absolute atomic E-state index is 0.0480. The Balaban J connectivity index is 1.38. The van der Waals surface area contributed by atoms with Gasteiger partial charge in [-0.15, -0.1) is 0 Å². The molecule has 0 aliphatic carbocycles. The Morgan fingerprint density at radius 2 is 1.54 bits per heavy atom. The number of aryl methyl sites for hydroxylation is 1. The van der Waals surface area contributed by atoms with Crippen LogP contribution in [0.5, 0.6) is 0 Å². The first-order valence-electron chi connectivity index (χ1n) is 19.2. The van der Waals surface area contributed by atoms with Crippen LogP contribution in [0.15, 0.2) is 85.1 Å². The van der Waals surface area contributed by atoms with Crippen molar-refractivity contribution >= 4 is 46.5 Å². The summed E-state index contributed by atoms with van der Waals surface area (Å²) in [6, 6.07) is 19.1. The predicted octanol–water partition coefficient (Wildman–Crippen LogP) is 2.83. The number of amides is 7. The predicted molar refractivity (Wildman–Crippen MR) is 213 cm³/mol. The van der Waals surface area contributed by atoms with Gasteiger partial charge in [-0.25, -0.2) is 9.18 Å². The molecule has 0 bridgehead atoms. The van der Waals surface area contributed by atoms with Gasteiger partial charge in [0.25, 0.3) is 5.91 Å². The van der Waals surface area contributed by atoms with Crippen LogP contribution in [-0.4, -0.2) is 89.4 Å². The molecule has 1 fully saturated rings. The van der Waals surface area contributed by atoms with E-state index < -0.39 is 66.4 Å². The zero-order valence-electron chi connectivity index (χ0n) is 32.0.